The van der Waals surface area contributed by atoms with Crippen LogP contribution in [0.25, 0.3) is 0 Å². The lowest BCUT2D eigenvalue weighted by Crippen LogP contribution is -2.15. The average Bonchev–Trinajstić information content (AvgIpc) is 2.84. The van der Waals surface area contributed by atoms with Crippen molar-refractivity contribution in [1.82, 2.24) is 5.16 Å². The molecule has 0 unspecified atom stereocenters. The van der Waals surface area contributed by atoms with Crippen LogP contribution in [0.3, 0.4) is 0 Å². The highest BCUT2D eigenvalue weighted by atomic mass is 19.1. The van der Waals surface area contributed by atoms with Crippen LogP contribution in [0.5, 0.6) is 0 Å². The first-order chi connectivity index (χ1) is 8.58. The second-order valence-corrected chi connectivity index (χ2v) is 3.33. The topological polar surface area (TPSA) is 92.4 Å². The molecule has 1 aromatic heterocycles. The van der Waals surface area contributed by atoms with Gasteiger partial charge in [0.2, 0.25) is 0 Å². The van der Waals surface area contributed by atoms with Crippen LogP contribution in [0.15, 0.2) is 35.1 Å². The Balaban J connectivity index is 2.29. The number of hydrogen-bond donors (Lipinski definition) is 2. The molecule has 0 spiro atoms. The molecule has 2 rings (SSSR count). The Labute approximate surface area is 100 Å². The van der Waals surface area contributed by atoms with Gasteiger partial charge in [-0.1, -0.05) is 5.16 Å². The fourth-order valence-electron chi connectivity index (χ4n) is 1.32. The Kier molecular flexibility index (Phi) is 3.05. The number of anilines is 1. The number of carbonyl (C=O) groups is 2. The van der Waals surface area contributed by atoms with E-state index in [2.05, 4.69) is 15.0 Å². The molecule has 0 bridgehead atoms. The Bertz CT molecular complexity index is 595. The summed E-state index contributed by atoms with van der Waals surface area (Å²) in [4.78, 5) is 22.5. The molecular formula is C11H7FN2O4. The van der Waals surface area contributed by atoms with Crippen molar-refractivity contribution in [2.24, 2.45) is 0 Å². The third-order valence-corrected chi connectivity index (χ3v) is 2.13. The number of carbonyl (C=O) groups excluding carboxylic acids is 1. The molecule has 92 valence electrons. The van der Waals surface area contributed by atoms with Gasteiger partial charge in [0.15, 0.2) is 5.69 Å². The Morgan fingerprint density at radius 2 is 2.11 bits per heavy atom. The number of carboxylic acids is 1. The van der Waals surface area contributed by atoms with E-state index in [0.29, 0.717) is 0 Å². The first-order valence-electron chi connectivity index (χ1n) is 4.82. The smallest absolute Gasteiger partial charge is 0.337 e. The van der Waals surface area contributed by atoms with Crippen molar-refractivity contribution in [3.05, 3.63) is 47.6 Å². The van der Waals surface area contributed by atoms with E-state index in [1.807, 2.05) is 0 Å². The van der Waals surface area contributed by atoms with Gasteiger partial charge in [-0.3, -0.25) is 4.79 Å². The maximum atomic E-state index is 12.9. The molecule has 0 aliphatic rings. The fraction of sp³-hybridized carbons (Fsp3) is 0. The number of benzene rings is 1. The number of carboxylic acid groups (broad SMARTS) is 1. The van der Waals surface area contributed by atoms with Gasteiger partial charge in [-0.05, 0) is 18.2 Å². The highest BCUT2D eigenvalue weighted by molar-refractivity contribution is 6.06. The molecule has 6 nitrogen and oxygen atoms in total. The molecule has 0 saturated carbocycles. The SMILES string of the molecule is O=C(Nc1ccc(F)cc1C(=O)O)c1ccon1. The summed E-state index contributed by atoms with van der Waals surface area (Å²) in [5, 5.41) is 14.6. The van der Waals surface area contributed by atoms with Crippen LogP contribution in [-0.2, 0) is 0 Å². The van der Waals surface area contributed by atoms with E-state index < -0.39 is 17.7 Å². The minimum absolute atomic E-state index is 0.00402. The number of amides is 1. The Hall–Kier alpha value is -2.70. The van der Waals surface area contributed by atoms with E-state index in [1.54, 1.807) is 0 Å². The number of aromatic nitrogens is 1. The lowest BCUT2D eigenvalue weighted by molar-refractivity contribution is 0.0697. The molecular weight excluding hydrogens is 243 g/mol. The summed E-state index contributed by atoms with van der Waals surface area (Å²) < 4.78 is 17.4. The number of halogens is 1. The number of hydrogen-bond acceptors (Lipinski definition) is 4. The van der Waals surface area contributed by atoms with Gasteiger partial charge in [0, 0.05) is 6.07 Å². The molecule has 1 heterocycles. The van der Waals surface area contributed by atoms with Gasteiger partial charge < -0.3 is 14.9 Å². The zero-order chi connectivity index (χ0) is 13.1. The molecule has 0 aliphatic carbocycles. The summed E-state index contributed by atoms with van der Waals surface area (Å²) in [6.45, 7) is 0. The Morgan fingerprint density at radius 1 is 1.33 bits per heavy atom. The van der Waals surface area contributed by atoms with Gasteiger partial charge in [0.1, 0.15) is 12.1 Å². The highest BCUT2D eigenvalue weighted by Crippen LogP contribution is 2.17. The van der Waals surface area contributed by atoms with Crippen LogP contribution in [0, 0.1) is 5.82 Å². The standard InChI is InChI=1S/C11H7FN2O4/c12-6-1-2-8(7(5-6)11(16)17)13-10(15)9-3-4-18-14-9/h1-5H,(H,13,15)(H,16,17). The molecule has 2 N–H and O–H groups in total. The summed E-state index contributed by atoms with van der Waals surface area (Å²) in [5.41, 5.74) is -0.362. The van der Waals surface area contributed by atoms with Crippen molar-refractivity contribution >= 4 is 17.6 Å². The van der Waals surface area contributed by atoms with Crippen LogP contribution >= 0.6 is 0 Å². The number of aromatic carboxylic acids is 1. The van der Waals surface area contributed by atoms with Gasteiger partial charge >= 0.3 is 5.97 Å². The monoisotopic (exact) mass is 250 g/mol. The van der Waals surface area contributed by atoms with E-state index in [-0.39, 0.29) is 16.9 Å². The van der Waals surface area contributed by atoms with Gasteiger partial charge in [0.25, 0.3) is 5.91 Å². The molecule has 7 heteroatoms. The van der Waals surface area contributed by atoms with E-state index in [4.69, 9.17) is 5.11 Å². The molecule has 0 radical (unpaired) electrons. The largest absolute Gasteiger partial charge is 0.478 e. The van der Waals surface area contributed by atoms with Crippen LogP contribution < -0.4 is 5.32 Å². The van der Waals surface area contributed by atoms with E-state index in [0.717, 1.165) is 18.2 Å². The quantitative estimate of drug-likeness (QED) is 0.865. The summed E-state index contributed by atoms with van der Waals surface area (Å²) in [7, 11) is 0. The van der Waals surface area contributed by atoms with Gasteiger partial charge in [-0.2, -0.15) is 0 Å². The molecule has 2 aromatic rings. The first kappa shape index (κ1) is 11.8. The summed E-state index contributed by atoms with van der Waals surface area (Å²) in [6.07, 6.45) is 1.21. The molecule has 0 atom stereocenters. The van der Waals surface area contributed by atoms with E-state index in [1.165, 1.54) is 12.3 Å². The van der Waals surface area contributed by atoms with Crippen LogP contribution in [-0.4, -0.2) is 22.1 Å². The maximum absolute atomic E-state index is 12.9. The van der Waals surface area contributed by atoms with Crippen molar-refractivity contribution in [1.29, 1.82) is 0 Å². The second kappa shape index (κ2) is 4.66. The van der Waals surface area contributed by atoms with Crippen LogP contribution in [0.4, 0.5) is 10.1 Å². The second-order valence-electron chi connectivity index (χ2n) is 3.33. The van der Waals surface area contributed by atoms with Crippen LogP contribution in [0.1, 0.15) is 20.8 Å². The minimum Gasteiger partial charge on any atom is -0.478 e. The van der Waals surface area contributed by atoms with E-state index >= 15 is 0 Å². The predicted octanol–water partition coefficient (Wildman–Crippen LogP) is 1.76. The highest BCUT2D eigenvalue weighted by Gasteiger charge is 2.15. The molecule has 0 saturated heterocycles. The lowest BCUT2D eigenvalue weighted by atomic mass is 10.1. The van der Waals surface area contributed by atoms with Crippen molar-refractivity contribution in [2.75, 3.05) is 5.32 Å². The average molecular weight is 250 g/mol. The van der Waals surface area contributed by atoms with Crippen molar-refractivity contribution in [2.45, 2.75) is 0 Å². The van der Waals surface area contributed by atoms with Gasteiger partial charge in [-0.25, -0.2) is 9.18 Å². The van der Waals surface area contributed by atoms with Crippen molar-refractivity contribution < 1.29 is 23.6 Å². The van der Waals surface area contributed by atoms with Crippen LogP contribution in [0.2, 0.25) is 0 Å². The molecule has 18 heavy (non-hydrogen) atoms. The fourth-order valence-corrected chi connectivity index (χ4v) is 1.32. The van der Waals surface area contributed by atoms with Gasteiger partial charge in [-0.15, -0.1) is 0 Å². The van der Waals surface area contributed by atoms with Crippen molar-refractivity contribution in [3.63, 3.8) is 0 Å². The normalized spacial score (nSPS) is 10.1. The number of nitrogens with one attached hydrogen (secondary N) is 1. The molecule has 0 fully saturated rings. The van der Waals surface area contributed by atoms with Crippen molar-refractivity contribution in [3.8, 4) is 0 Å². The third-order valence-electron chi connectivity index (χ3n) is 2.13. The summed E-state index contributed by atoms with van der Waals surface area (Å²) in [5.74, 6) is -2.69. The third kappa shape index (κ3) is 2.34. The molecule has 1 aromatic carbocycles. The number of nitrogens with zero attached hydrogens (tertiary/aromatic N) is 1. The predicted molar refractivity (Wildman–Crippen MR) is 57.8 cm³/mol. The minimum atomic E-state index is -1.34. The Morgan fingerprint density at radius 3 is 2.72 bits per heavy atom. The van der Waals surface area contributed by atoms with Gasteiger partial charge in [0.05, 0.1) is 11.3 Å². The maximum Gasteiger partial charge on any atom is 0.337 e. The zero-order valence-corrected chi connectivity index (χ0v) is 8.88. The first-order valence-corrected chi connectivity index (χ1v) is 4.82. The molecule has 1 amide bonds. The number of rotatable bonds is 3. The summed E-state index contributed by atoms with van der Waals surface area (Å²) in [6, 6.07) is 4.35. The zero-order valence-electron chi connectivity index (χ0n) is 8.88. The lowest BCUT2D eigenvalue weighted by Gasteiger charge is -2.06. The van der Waals surface area contributed by atoms with E-state index in [9.17, 15) is 14.0 Å². The molecule has 0 aliphatic heterocycles. The summed E-state index contributed by atoms with van der Waals surface area (Å²) >= 11 is 0.